The zero-order chi connectivity index (χ0) is 11.4. The molecule has 0 spiro atoms. The van der Waals surface area contributed by atoms with Gasteiger partial charge in [-0.2, -0.15) is 4.98 Å². The lowest BCUT2D eigenvalue weighted by atomic mass is 9.75. The van der Waals surface area contributed by atoms with Crippen LogP contribution in [0.4, 0.5) is 0 Å². The summed E-state index contributed by atoms with van der Waals surface area (Å²) in [6, 6.07) is 0.680. The summed E-state index contributed by atoms with van der Waals surface area (Å²) in [5.74, 6) is 0.795. The molecule has 0 atom stereocenters. The van der Waals surface area contributed by atoms with Crippen LogP contribution in [0.2, 0.25) is 0 Å². The van der Waals surface area contributed by atoms with Crippen LogP contribution in [0.25, 0.3) is 0 Å². The predicted molar refractivity (Wildman–Crippen MR) is 62.0 cm³/mol. The normalized spacial score (nSPS) is 21.1. The summed E-state index contributed by atoms with van der Waals surface area (Å²) < 4.78 is 4.70. The minimum atomic E-state index is 0.547. The Labute approximate surface area is 96.8 Å². The van der Waals surface area contributed by atoms with Gasteiger partial charge in [-0.25, -0.2) is 0 Å². The highest BCUT2D eigenvalue weighted by molar-refractivity contribution is 4.84. The van der Waals surface area contributed by atoms with E-state index in [1.807, 2.05) is 0 Å². The van der Waals surface area contributed by atoms with E-state index in [2.05, 4.69) is 29.3 Å². The molecular formula is C12H21N3O. The lowest BCUT2D eigenvalue weighted by Gasteiger charge is -2.34. The average molecular weight is 223 g/mol. The molecule has 0 amide bonds. The lowest BCUT2D eigenvalue weighted by Crippen LogP contribution is -2.36. The zero-order valence-corrected chi connectivity index (χ0v) is 10.2. The van der Waals surface area contributed by atoms with E-state index in [9.17, 15) is 0 Å². The Morgan fingerprint density at radius 1 is 1.44 bits per heavy atom. The smallest absolute Gasteiger partial charge is 0.213 e. The number of aromatic nitrogens is 2. The van der Waals surface area contributed by atoms with E-state index in [-0.39, 0.29) is 0 Å². The molecule has 1 N–H and O–H groups in total. The quantitative estimate of drug-likeness (QED) is 0.850. The second-order valence-electron chi connectivity index (χ2n) is 5.49. The molecule has 0 radical (unpaired) electrons. The van der Waals surface area contributed by atoms with Crippen molar-refractivity contribution in [3.8, 4) is 0 Å². The van der Waals surface area contributed by atoms with E-state index < -0.39 is 0 Å². The first-order chi connectivity index (χ1) is 7.66. The standard InChI is InChI=1S/C12H21N3O/c1-12(2)6-3-10(4-7-12)13-8-5-11-14-9-16-15-11/h9-10,13H,3-8H2,1-2H3. The summed E-state index contributed by atoms with van der Waals surface area (Å²) in [7, 11) is 0. The highest BCUT2D eigenvalue weighted by Crippen LogP contribution is 2.34. The van der Waals surface area contributed by atoms with Gasteiger partial charge in [0, 0.05) is 19.0 Å². The fourth-order valence-corrected chi connectivity index (χ4v) is 2.29. The van der Waals surface area contributed by atoms with Gasteiger partial charge in [0.1, 0.15) is 0 Å². The second-order valence-corrected chi connectivity index (χ2v) is 5.49. The third-order valence-corrected chi connectivity index (χ3v) is 3.53. The molecule has 4 nitrogen and oxygen atoms in total. The van der Waals surface area contributed by atoms with Gasteiger partial charge in [-0.15, -0.1) is 0 Å². The van der Waals surface area contributed by atoms with Crippen molar-refractivity contribution in [2.24, 2.45) is 5.41 Å². The molecule has 0 unspecified atom stereocenters. The summed E-state index contributed by atoms with van der Waals surface area (Å²) >= 11 is 0. The summed E-state index contributed by atoms with van der Waals surface area (Å²) in [5.41, 5.74) is 0.547. The average Bonchev–Trinajstić information content (AvgIpc) is 2.73. The van der Waals surface area contributed by atoms with Crippen molar-refractivity contribution in [1.29, 1.82) is 0 Å². The fraction of sp³-hybridized carbons (Fsp3) is 0.833. The number of nitrogens with zero attached hydrogens (tertiary/aromatic N) is 2. The van der Waals surface area contributed by atoms with Gasteiger partial charge in [0.05, 0.1) is 0 Å². The monoisotopic (exact) mass is 223 g/mol. The number of nitrogens with one attached hydrogen (secondary N) is 1. The number of hydrogen-bond acceptors (Lipinski definition) is 4. The summed E-state index contributed by atoms with van der Waals surface area (Å²) in [6.45, 7) is 5.68. The fourth-order valence-electron chi connectivity index (χ4n) is 2.29. The van der Waals surface area contributed by atoms with Gasteiger partial charge in [-0.05, 0) is 31.1 Å². The van der Waals surface area contributed by atoms with E-state index in [1.54, 1.807) is 0 Å². The van der Waals surface area contributed by atoms with Crippen LogP contribution in [0.3, 0.4) is 0 Å². The Morgan fingerprint density at radius 3 is 2.81 bits per heavy atom. The number of hydrogen-bond donors (Lipinski definition) is 1. The molecule has 1 saturated carbocycles. The molecule has 16 heavy (non-hydrogen) atoms. The Morgan fingerprint density at radius 2 is 2.19 bits per heavy atom. The van der Waals surface area contributed by atoms with Crippen LogP contribution in [0, 0.1) is 5.41 Å². The van der Waals surface area contributed by atoms with Crippen molar-refractivity contribution in [2.45, 2.75) is 52.0 Å². The van der Waals surface area contributed by atoms with Crippen molar-refractivity contribution >= 4 is 0 Å². The van der Waals surface area contributed by atoms with Crippen molar-refractivity contribution < 1.29 is 4.52 Å². The maximum Gasteiger partial charge on any atom is 0.213 e. The zero-order valence-electron chi connectivity index (χ0n) is 10.2. The summed E-state index contributed by atoms with van der Waals surface area (Å²) in [5, 5.41) is 7.37. The van der Waals surface area contributed by atoms with E-state index in [4.69, 9.17) is 4.52 Å². The highest BCUT2D eigenvalue weighted by atomic mass is 16.5. The maximum absolute atomic E-state index is 4.70. The maximum atomic E-state index is 4.70. The summed E-state index contributed by atoms with van der Waals surface area (Å²) in [4.78, 5) is 4.00. The van der Waals surface area contributed by atoms with Crippen LogP contribution in [0.5, 0.6) is 0 Å². The van der Waals surface area contributed by atoms with Crippen LogP contribution in [-0.4, -0.2) is 22.7 Å². The molecule has 1 fully saturated rings. The molecule has 0 aliphatic heterocycles. The van der Waals surface area contributed by atoms with Crippen LogP contribution in [0.1, 0.15) is 45.4 Å². The predicted octanol–water partition coefficient (Wildman–Crippen LogP) is 2.17. The Balaban J connectivity index is 1.64. The first-order valence-corrected chi connectivity index (χ1v) is 6.14. The van der Waals surface area contributed by atoms with Gasteiger partial charge in [0.15, 0.2) is 5.82 Å². The molecule has 2 rings (SSSR count). The van der Waals surface area contributed by atoms with E-state index >= 15 is 0 Å². The Hall–Kier alpha value is -0.900. The first kappa shape index (κ1) is 11.6. The largest absolute Gasteiger partial charge is 0.343 e. The molecule has 4 heteroatoms. The minimum absolute atomic E-state index is 0.547. The molecule has 1 aliphatic carbocycles. The lowest BCUT2D eigenvalue weighted by molar-refractivity contribution is 0.207. The van der Waals surface area contributed by atoms with E-state index in [1.165, 1.54) is 32.1 Å². The second kappa shape index (κ2) is 4.95. The van der Waals surface area contributed by atoms with Crippen molar-refractivity contribution in [1.82, 2.24) is 15.5 Å². The van der Waals surface area contributed by atoms with Gasteiger partial charge in [0.25, 0.3) is 0 Å². The van der Waals surface area contributed by atoms with Gasteiger partial charge < -0.3 is 9.84 Å². The molecule has 1 aromatic heterocycles. The topological polar surface area (TPSA) is 51.0 Å². The van der Waals surface area contributed by atoms with Crippen molar-refractivity contribution in [3.05, 3.63) is 12.2 Å². The van der Waals surface area contributed by atoms with Gasteiger partial charge in [0.2, 0.25) is 6.39 Å². The molecule has 90 valence electrons. The Bertz CT molecular complexity index is 298. The SMILES string of the molecule is CC1(C)CCC(NCCc2ncon2)CC1. The first-order valence-electron chi connectivity index (χ1n) is 6.14. The summed E-state index contributed by atoms with van der Waals surface area (Å²) in [6.07, 6.45) is 7.48. The molecule has 1 aliphatic rings. The highest BCUT2D eigenvalue weighted by Gasteiger charge is 2.26. The van der Waals surface area contributed by atoms with Crippen LogP contribution in [0.15, 0.2) is 10.9 Å². The van der Waals surface area contributed by atoms with Gasteiger partial charge in [-0.1, -0.05) is 19.0 Å². The molecule has 1 heterocycles. The van der Waals surface area contributed by atoms with Gasteiger partial charge >= 0.3 is 0 Å². The van der Waals surface area contributed by atoms with Crippen molar-refractivity contribution in [3.63, 3.8) is 0 Å². The molecule has 0 bridgehead atoms. The minimum Gasteiger partial charge on any atom is -0.343 e. The van der Waals surface area contributed by atoms with Crippen LogP contribution < -0.4 is 5.32 Å². The van der Waals surface area contributed by atoms with E-state index in [0.717, 1.165) is 18.8 Å². The van der Waals surface area contributed by atoms with Crippen LogP contribution >= 0.6 is 0 Å². The van der Waals surface area contributed by atoms with Crippen molar-refractivity contribution in [2.75, 3.05) is 6.54 Å². The third-order valence-electron chi connectivity index (χ3n) is 3.53. The number of rotatable bonds is 4. The molecule has 0 aromatic carbocycles. The van der Waals surface area contributed by atoms with Crippen LogP contribution in [-0.2, 0) is 6.42 Å². The molecule has 0 saturated heterocycles. The Kier molecular flexibility index (Phi) is 3.59. The van der Waals surface area contributed by atoms with E-state index in [0.29, 0.717) is 11.5 Å². The van der Waals surface area contributed by atoms with Gasteiger partial charge in [-0.3, -0.25) is 0 Å². The third kappa shape index (κ3) is 3.30. The molecule has 1 aromatic rings. The molecular weight excluding hydrogens is 202 g/mol.